The third-order valence-corrected chi connectivity index (χ3v) is 4.95. The number of aliphatic carboxylic acids is 1. The molecule has 2 N–H and O–H groups in total. The fourth-order valence-corrected chi connectivity index (χ4v) is 3.58. The predicted octanol–water partition coefficient (Wildman–Crippen LogP) is 2.98. The number of carboxylic acid groups (broad SMARTS) is 1. The van der Waals surface area contributed by atoms with Crippen LogP contribution in [-0.2, 0) is 4.79 Å². The summed E-state index contributed by atoms with van der Waals surface area (Å²) in [5.74, 6) is -1.31. The molecule has 124 valence electrons. The number of amides is 1. The van der Waals surface area contributed by atoms with Crippen LogP contribution in [0.25, 0.3) is 0 Å². The van der Waals surface area contributed by atoms with Crippen molar-refractivity contribution >= 4 is 17.6 Å². The fraction of sp³-hybridized carbons (Fsp3) is 0.556. The highest BCUT2D eigenvalue weighted by Crippen LogP contribution is 2.26. The first kappa shape index (κ1) is 15.8. The Labute approximate surface area is 136 Å². The zero-order valence-corrected chi connectivity index (χ0v) is 13.3. The van der Waals surface area contributed by atoms with E-state index in [0.29, 0.717) is 31.1 Å². The van der Waals surface area contributed by atoms with Gasteiger partial charge in [-0.2, -0.15) is 0 Å². The van der Waals surface area contributed by atoms with Crippen LogP contribution in [0, 0.1) is 5.92 Å². The number of para-hydroxylation sites is 1. The molecule has 5 nitrogen and oxygen atoms in total. The summed E-state index contributed by atoms with van der Waals surface area (Å²) in [6.07, 6.45) is 6.60. The minimum absolute atomic E-state index is 0.0624. The lowest BCUT2D eigenvalue weighted by Gasteiger charge is -2.26. The largest absolute Gasteiger partial charge is 0.481 e. The molecule has 1 aromatic carbocycles. The zero-order valence-electron chi connectivity index (χ0n) is 13.3. The number of carboxylic acids is 1. The van der Waals surface area contributed by atoms with Gasteiger partial charge in [0.2, 0.25) is 0 Å². The zero-order chi connectivity index (χ0) is 16.2. The Kier molecular flexibility index (Phi) is 4.84. The van der Waals surface area contributed by atoms with Crippen LogP contribution in [0.15, 0.2) is 24.3 Å². The first-order chi connectivity index (χ1) is 11.1. The van der Waals surface area contributed by atoms with E-state index in [1.165, 1.54) is 19.3 Å². The van der Waals surface area contributed by atoms with E-state index in [1.54, 1.807) is 4.90 Å². The highest BCUT2D eigenvalue weighted by Gasteiger charge is 2.32. The van der Waals surface area contributed by atoms with Crippen LogP contribution in [0.1, 0.15) is 48.9 Å². The number of rotatable bonds is 4. The summed E-state index contributed by atoms with van der Waals surface area (Å²) in [7, 11) is 0. The van der Waals surface area contributed by atoms with Gasteiger partial charge in [-0.05, 0) is 31.4 Å². The average Bonchev–Trinajstić information content (AvgIpc) is 3.06. The molecule has 5 heteroatoms. The van der Waals surface area contributed by atoms with Crippen molar-refractivity contribution in [1.82, 2.24) is 4.90 Å². The van der Waals surface area contributed by atoms with Crippen LogP contribution in [-0.4, -0.2) is 41.0 Å². The summed E-state index contributed by atoms with van der Waals surface area (Å²) < 4.78 is 0. The number of nitrogens with one attached hydrogen (secondary N) is 1. The molecule has 23 heavy (non-hydrogen) atoms. The number of anilines is 1. The summed E-state index contributed by atoms with van der Waals surface area (Å²) in [6, 6.07) is 8.02. The van der Waals surface area contributed by atoms with Crippen molar-refractivity contribution in [3.63, 3.8) is 0 Å². The van der Waals surface area contributed by atoms with Gasteiger partial charge in [-0.25, -0.2) is 0 Å². The SMILES string of the molecule is O=C(O)C1CCN(C(=O)c2ccccc2NC2CCCCC2)C1. The average molecular weight is 316 g/mol. The molecule has 1 amide bonds. The Morgan fingerprint density at radius 2 is 1.83 bits per heavy atom. The molecule has 1 saturated carbocycles. The molecule has 1 heterocycles. The maximum Gasteiger partial charge on any atom is 0.308 e. The van der Waals surface area contributed by atoms with Gasteiger partial charge in [-0.3, -0.25) is 9.59 Å². The summed E-state index contributed by atoms with van der Waals surface area (Å²) in [5, 5.41) is 12.6. The normalized spacial score (nSPS) is 22.1. The van der Waals surface area contributed by atoms with Gasteiger partial charge in [0.15, 0.2) is 0 Å². The van der Waals surface area contributed by atoms with Gasteiger partial charge in [0.25, 0.3) is 5.91 Å². The van der Waals surface area contributed by atoms with E-state index in [0.717, 1.165) is 18.5 Å². The maximum atomic E-state index is 12.8. The van der Waals surface area contributed by atoms with E-state index in [2.05, 4.69) is 5.32 Å². The highest BCUT2D eigenvalue weighted by molar-refractivity contribution is 6.00. The number of nitrogens with zero attached hydrogens (tertiary/aromatic N) is 1. The third kappa shape index (κ3) is 3.66. The smallest absolute Gasteiger partial charge is 0.308 e. The fourth-order valence-electron chi connectivity index (χ4n) is 3.58. The van der Waals surface area contributed by atoms with Crippen molar-refractivity contribution in [2.45, 2.75) is 44.6 Å². The Bertz CT molecular complexity index is 581. The van der Waals surface area contributed by atoms with Gasteiger partial charge in [-0.15, -0.1) is 0 Å². The minimum Gasteiger partial charge on any atom is -0.481 e. The summed E-state index contributed by atoms with van der Waals surface area (Å²) in [6.45, 7) is 0.833. The third-order valence-electron chi connectivity index (χ3n) is 4.95. The van der Waals surface area contributed by atoms with Crippen molar-refractivity contribution in [2.75, 3.05) is 18.4 Å². The quantitative estimate of drug-likeness (QED) is 0.896. The molecule has 1 unspecified atom stereocenters. The molecule has 1 saturated heterocycles. The standard InChI is InChI=1S/C18H24N2O3/c21-17(20-11-10-13(12-20)18(22)23)15-8-4-5-9-16(15)19-14-6-2-1-3-7-14/h4-5,8-9,13-14,19H,1-3,6-7,10-12H2,(H,22,23). The van der Waals surface area contributed by atoms with E-state index in [4.69, 9.17) is 5.11 Å². The lowest BCUT2D eigenvalue weighted by Crippen LogP contribution is -2.31. The van der Waals surface area contributed by atoms with E-state index >= 15 is 0 Å². The number of hydrogen-bond acceptors (Lipinski definition) is 3. The first-order valence-electron chi connectivity index (χ1n) is 8.53. The van der Waals surface area contributed by atoms with Gasteiger partial charge in [0.05, 0.1) is 11.5 Å². The van der Waals surface area contributed by atoms with E-state index in [1.807, 2.05) is 24.3 Å². The summed E-state index contributed by atoms with van der Waals surface area (Å²) in [4.78, 5) is 25.5. The van der Waals surface area contributed by atoms with Crippen molar-refractivity contribution in [1.29, 1.82) is 0 Å². The number of benzene rings is 1. The number of carbonyl (C=O) groups excluding carboxylic acids is 1. The Morgan fingerprint density at radius 3 is 2.52 bits per heavy atom. The Hall–Kier alpha value is -2.04. The molecule has 0 radical (unpaired) electrons. The van der Waals surface area contributed by atoms with Crippen molar-refractivity contribution in [3.8, 4) is 0 Å². The molecule has 2 fully saturated rings. The van der Waals surface area contributed by atoms with E-state index < -0.39 is 11.9 Å². The summed E-state index contributed by atoms with van der Waals surface area (Å²) >= 11 is 0. The van der Waals surface area contributed by atoms with Crippen LogP contribution in [0.2, 0.25) is 0 Å². The maximum absolute atomic E-state index is 12.8. The van der Waals surface area contributed by atoms with Crippen LogP contribution in [0.3, 0.4) is 0 Å². The molecule has 1 atom stereocenters. The van der Waals surface area contributed by atoms with Crippen LogP contribution in [0.4, 0.5) is 5.69 Å². The molecule has 1 aliphatic carbocycles. The van der Waals surface area contributed by atoms with Gasteiger partial charge >= 0.3 is 5.97 Å². The van der Waals surface area contributed by atoms with Crippen LogP contribution >= 0.6 is 0 Å². The molecule has 3 rings (SSSR count). The molecule has 0 aromatic heterocycles. The predicted molar refractivity (Wildman–Crippen MR) is 88.6 cm³/mol. The number of likely N-dealkylation sites (tertiary alicyclic amines) is 1. The molecule has 2 aliphatic rings. The van der Waals surface area contributed by atoms with Gasteiger partial charge in [0.1, 0.15) is 0 Å². The number of hydrogen-bond donors (Lipinski definition) is 2. The minimum atomic E-state index is -0.811. The molecule has 1 aromatic rings. The monoisotopic (exact) mass is 316 g/mol. The van der Waals surface area contributed by atoms with Crippen molar-refractivity contribution in [3.05, 3.63) is 29.8 Å². The Morgan fingerprint density at radius 1 is 1.09 bits per heavy atom. The second-order valence-electron chi connectivity index (χ2n) is 6.60. The second-order valence-corrected chi connectivity index (χ2v) is 6.60. The molecule has 0 bridgehead atoms. The van der Waals surface area contributed by atoms with E-state index in [-0.39, 0.29) is 5.91 Å². The molecular weight excluding hydrogens is 292 g/mol. The van der Waals surface area contributed by atoms with Crippen molar-refractivity contribution in [2.24, 2.45) is 5.92 Å². The summed E-state index contributed by atoms with van der Waals surface area (Å²) in [5.41, 5.74) is 1.53. The van der Waals surface area contributed by atoms with E-state index in [9.17, 15) is 9.59 Å². The second kappa shape index (κ2) is 7.02. The first-order valence-corrected chi connectivity index (χ1v) is 8.53. The van der Waals surface area contributed by atoms with Crippen molar-refractivity contribution < 1.29 is 14.7 Å². The lowest BCUT2D eigenvalue weighted by atomic mass is 9.95. The molecule has 0 spiro atoms. The van der Waals surface area contributed by atoms with Crippen LogP contribution in [0.5, 0.6) is 0 Å². The number of carbonyl (C=O) groups is 2. The topological polar surface area (TPSA) is 69.6 Å². The van der Waals surface area contributed by atoms with Gasteiger partial charge < -0.3 is 15.3 Å². The molecular formula is C18H24N2O3. The van der Waals surface area contributed by atoms with Gasteiger partial charge in [-0.1, -0.05) is 31.4 Å². The lowest BCUT2D eigenvalue weighted by molar-refractivity contribution is -0.141. The molecule has 1 aliphatic heterocycles. The Balaban J connectivity index is 1.72. The van der Waals surface area contributed by atoms with Gasteiger partial charge in [0, 0.05) is 24.8 Å². The van der Waals surface area contributed by atoms with Crippen LogP contribution < -0.4 is 5.32 Å². The highest BCUT2D eigenvalue weighted by atomic mass is 16.4.